The van der Waals surface area contributed by atoms with Gasteiger partial charge in [-0.15, -0.1) is 0 Å². The fourth-order valence-electron chi connectivity index (χ4n) is 3.44. The Morgan fingerprint density at radius 2 is 1.52 bits per heavy atom. The number of aromatic carboxylic acids is 1. The van der Waals surface area contributed by atoms with Gasteiger partial charge >= 0.3 is 5.97 Å². The number of carbonyl (C=O) groups is 1. The van der Waals surface area contributed by atoms with Crippen LogP contribution in [-0.4, -0.2) is 25.9 Å². The van der Waals surface area contributed by atoms with E-state index in [4.69, 9.17) is 5.11 Å². The molecule has 5 nitrogen and oxygen atoms in total. The third-order valence-corrected chi connectivity index (χ3v) is 4.39. The third kappa shape index (κ3) is 1.48. The number of hydrogen-bond acceptors (Lipinski definition) is 3. The van der Waals surface area contributed by atoms with Gasteiger partial charge in [-0.25, -0.2) is 4.79 Å². The molecule has 1 heterocycles. The minimum absolute atomic E-state index is 0.0439. The van der Waals surface area contributed by atoms with Crippen LogP contribution in [0.1, 0.15) is 39.7 Å². The van der Waals surface area contributed by atoms with Crippen molar-refractivity contribution in [3.8, 4) is 17.4 Å². The summed E-state index contributed by atoms with van der Waals surface area (Å²) in [6.45, 7) is 0. The lowest BCUT2D eigenvalue weighted by Gasteiger charge is -2.10. The lowest BCUT2D eigenvalue weighted by atomic mass is 10.0. The molecule has 21 heavy (non-hydrogen) atoms. The van der Waals surface area contributed by atoms with Gasteiger partial charge in [-0.3, -0.25) is 4.57 Å². The number of aromatic hydroxyl groups is 2. The molecule has 0 saturated carbocycles. The molecule has 0 spiro atoms. The van der Waals surface area contributed by atoms with Crippen LogP contribution < -0.4 is 0 Å². The monoisotopic (exact) mass is 283 g/mol. The van der Waals surface area contributed by atoms with Crippen molar-refractivity contribution in [3.05, 3.63) is 53.1 Å². The first-order valence-corrected chi connectivity index (χ1v) is 6.76. The van der Waals surface area contributed by atoms with Gasteiger partial charge in [0, 0.05) is 23.0 Å². The van der Waals surface area contributed by atoms with E-state index in [1.54, 1.807) is 12.1 Å². The summed E-state index contributed by atoms with van der Waals surface area (Å²) in [7, 11) is 0. The quantitative estimate of drug-likeness (QED) is 0.740. The SMILES string of the molecule is O=C(O)c1ccc(-n2c(O)c3c(c2O)C2C=CC3C2)cc1. The van der Waals surface area contributed by atoms with Gasteiger partial charge in [-0.2, -0.15) is 0 Å². The maximum absolute atomic E-state index is 10.9. The van der Waals surface area contributed by atoms with E-state index < -0.39 is 5.97 Å². The smallest absolute Gasteiger partial charge is 0.335 e. The molecule has 0 fully saturated rings. The molecule has 5 heteroatoms. The van der Waals surface area contributed by atoms with E-state index in [1.807, 2.05) is 0 Å². The van der Waals surface area contributed by atoms with Crippen molar-refractivity contribution in [1.29, 1.82) is 0 Å². The normalized spacial score (nSPS) is 21.7. The zero-order chi connectivity index (χ0) is 14.7. The number of fused-ring (bicyclic) bond motifs is 5. The van der Waals surface area contributed by atoms with Gasteiger partial charge in [0.15, 0.2) is 0 Å². The standard InChI is InChI=1S/C16H13NO4/c18-14-12-9-1-2-10(7-9)13(12)15(19)17(14)11-5-3-8(4-6-11)16(20)21/h1-6,9-10,18-19H,7H2,(H,20,21). The predicted octanol–water partition coefficient (Wildman–Crippen LogP) is 2.73. The van der Waals surface area contributed by atoms with Gasteiger partial charge in [0.05, 0.1) is 11.3 Å². The number of benzene rings is 1. The van der Waals surface area contributed by atoms with Crippen LogP contribution in [0.4, 0.5) is 0 Å². The number of nitrogens with zero attached hydrogens (tertiary/aromatic N) is 1. The van der Waals surface area contributed by atoms with Crippen LogP contribution >= 0.6 is 0 Å². The molecule has 0 saturated heterocycles. The van der Waals surface area contributed by atoms with Crippen LogP contribution in [0.5, 0.6) is 11.8 Å². The first kappa shape index (κ1) is 12.1. The van der Waals surface area contributed by atoms with E-state index in [0.717, 1.165) is 17.5 Å². The van der Waals surface area contributed by atoms with Crippen LogP contribution in [0.15, 0.2) is 36.4 Å². The predicted molar refractivity (Wildman–Crippen MR) is 75.3 cm³/mol. The maximum atomic E-state index is 10.9. The number of aromatic nitrogens is 1. The molecule has 0 amide bonds. The first-order chi connectivity index (χ1) is 10.1. The highest BCUT2D eigenvalue weighted by Crippen LogP contribution is 2.57. The molecule has 106 valence electrons. The zero-order valence-corrected chi connectivity index (χ0v) is 11.0. The highest BCUT2D eigenvalue weighted by Gasteiger charge is 2.41. The summed E-state index contributed by atoms with van der Waals surface area (Å²) in [6, 6.07) is 6.06. The van der Waals surface area contributed by atoms with Gasteiger partial charge in [0.25, 0.3) is 0 Å². The summed E-state index contributed by atoms with van der Waals surface area (Å²) in [4.78, 5) is 10.9. The van der Waals surface area contributed by atoms with Crippen molar-refractivity contribution < 1.29 is 20.1 Å². The van der Waals surface area contributed by atoms with Gasteiger partial charge in [0.1, 0.15) is 0 Å². The number of hydrogen-bond donors (Lipinski definition) is 3. The second-order valence-electron chi connectivity index (χ2n) is 5.50. The molecule has 4 rings (SSSR count). The van der Waals surface area contributed by atoms with Crippen LogP contribution in [0.2, 0.25) is 0 Å². The number of carboxylic acid groups (broad SMARTS) is 1. The summed E-state index contributed by atoms with van der Waals surface area (Å²) in [5.41, 5.74) is 2.30. The van der Waals surface area contributed by atoms with Gasteiger partial charge in [-0.1, -0.05) is 12.2 Å². The fourth-order valence-corrected chi connectivity index (χ4v) is 3.44. The van der Waals surface area contributed by atoms with Crippen molar-refractivity contribution in [1.82, 2.24) is 4.57 Å². The minimum Gasteiger partial charge on any atom is -0.494 e. The zero-order valence-electron chi connectivity index (χ0n) is 11.0. The molecule has 3 N–H and O–H groups in total. The Kier molecular flexibility index (Phi) is 2.25. The van der Waals surface area contributed by atoms with Crippen LogP contribution in [0, 0.1) is 0 Å². The summed E-state index contributed by atoms with van der Waals surface area (Å²) in [5, 5.41) is 29.8. The van der Waals surface area contributed by atoms with Crippen molar-refractivity contribution in [2.45, 2.75) is 18.3 Å². The average Bonchev–Trinajstić information content (AvgIpc) is 3.13. The van der Waals surface area contributed by atoms with E-state index in [2.05, 4.69) is 12.2 Å². The molecule has 0 aliphatic heterocycles. The summed E-state index contributed by atoms with van der Waals surface area (Å²) in [6.07, 6.45) is 5.03. The topological polar surface area (TPSA) is 82.7 Å². The fraction of sp³-hybridized carbons (Fsp3) is 0.188. The first-order valence-electron chi connectivity index (χ1n) is 6.76. The number of rotatable bonds is 2. The molecule has 2 aromatic rings. The van der Waals surface area contributed by atoms with E-state index >= 15 is 0 Å². The van der Waals surface area contributed by atoms with Crippen molar-refractivity contribution in [2.75, 3.05) is 0 Å². The molecule has 2 unspecified atom stereocenters. The highest BCUT2D eigenvalue weighted by atomic mass is 16.4. The van der Waals surface area contributed by atoms with Crippen LogP contribution in [0.25, 0.3) is 5.69 Å². The minimum atomic E-state index is -1.01. The molecule has 1 aromatic heterocycles. The summed E-state index contributed by atoms with van der Waals surface area (Å²) < 4.78 is 1.38. The van der Waals surface area contributed by atoms with E-state index in [-0.39, 0.29) is 29.2 Å². The highest BCUT2D eigenvalue weighted by molar-refractivity contribution is 5.87. The van der Waals surface area contributed by atoms with Gasteiger partial charge in [-0.05, 0) is 30.7 Å². The molecular formula is C16H13NO4. The summed E-state index contributed by atoms with van der Waals surface area (Å²) >= 11 is 0. The largest absolute Gasteiger partial charge is 0.494 e. The molecule has 2 aliphatic carbocycles. The Labute approximate surface area is 120 Å². The Balaban J connectivity index is 1.86. The van der Waals surface area contributed by atoms with Crippen LogP contribution in [-0.2, 0) is 0 Å². The Morgan fingerprint density at radius 1 is 1.00 bits per heavy atom. The Morgan fingerprint density at radius 3 is 2.00 bits per heavy atom. The van der Waals surface area contributed by atoms with E-state index in [1.165, 1.54) is 16.7 Å². The molecule has 2 bridgehead atoms. The van der Waals surface area contributed by atoms with Gasteiger partial charge < -0.3 is 15.3 Å². The van der Waals surface area contributed by atoms with E-state index in [0.29, 0.717) is 5.69 Å². The van der Waals surface area contributed by atoms with Crippen molar-refractivity contribution in [2.24, 2.45) is 0 Å². The third-order valence-electron chi connectivity index (χ3n) is 4.39. The molecular weight excluding hydrogens is 270 g/mol. The van der Waals surface area contributed by atoms with E-state index in [9.17, 15) is 15.0 Å². The second kappa shape index (κ2) is 3.91. The number of carboxylic acids is 1. The number of allylic oxidation sites excluding steroid dienone is 2. The van der Waals surface area contributed by atoms with Crippen molar-refractivity contribution >= 4 is 5.97 Å². The second-order valence-corrected chi connectivity index (χ2v) is 5.50. The lowest BCUT2D eigenvalue weighted by Crippen LogP contribution is -1.99. The molecule has 1 aromatic carbocycles. The maximum Gasteiger partial charge on any atom is 0.335 e. The van der Waals surface area contributed by atoms with Crippen LogP contribution in [0.3, 0.4) is 0 Å². The molecule has 2 aliphatic rings. The Hall–Kier alpha value is -2.69. The lowest BCUT2D eigenvalue weighted by molar-refractivity contribution is 0.0697. The molecule has 2 atom stereocenters. The molecule has 0 radical (unpaired) electrons. The van der Waals surface area contributed by atoms with Gasteiger partial charge in [0.2, 0.25) is 11.8 Å². The Bertz CT molecular complexity index is 750. The van der Waals surface area contributed by atoms with Crippen molar-refractivity contribution in [3.63, 3.8) is 0 Å². The average molecular weight is 283 g/mol. The summed E-state index contributed by atoms with van der Waals surface area (Å²) in [5.74, 6) is -0.594.